The van der Waals surface area contributed by atoms with Crippen LogP contribution in [-0.2, 0) is 6.61 Å². The van der Waals surface area contributed by atoms with Crippen molar-refractivity contribution in [2.75, 3.05) is 7.11 Å². The lowest BCUT2D eigenvalue weighted by atomic mass is 10.1. The first-order valence-electron chi connectivity index (χ1n) is 3.76. The van der Waals surface area contributed by atoms with Crippen LogP contribution in [0.1, 0.15) is 15.9 Å². The van der Waals surface area contributed by atoms with E-state index in [1.165, 1.54) is 13.2 Å². The molecule has 0 fully saturated rings. The van der Waals surface area contributed by atoms with Gasteiger partial charge >= 0.3 is 0 Å². The van der Waals surface area contributed by atoms with Gasteiger partial charge in [-0.3, -0.25) is 4.79 Å². The molecule has 0 heterocycles. The Labute approximate surface area is 75.9 Å². The first-order valence-corrected chi connectivity index (χ1v) is 3.76. The summed E-state index contributed by atoms with van der Waals surface area (Å²) in [5.41, 5.74) is 6.03. The molecule has 0 aliphatic heterocycles. The maximum atomic E-state index is 10.9. The van der Waals surface area contributed by atoms with Gasteiger partial charge in [-0.25, -0.2) is 0 Å². The highest BCUT2D eigenvalue weighted by Crippen LogP contribution is 2.19. The van der Waals surface area contributed by atoms with Crippen LogP contribution in [-0.4, -0.2) is 18.1 Å². The van der Waals surface area contributed by atoms with Crippen molar-refractivity contribution in [3.05, 3.63) is 29.3 Å². The molecule has 0 spiro atoms. The Morgan fingerprint density at radius 2 is 2.31 bits per heavy atom. The number of methoxy groups -OCH3 is 1. The van der Waals surface area contributed by atoms with Crippen LogP contribution in [0, 0.1) is 0 Å². The molecular weight excluding hydrogens is 170 g/mol. The van der Waals surface area contributed by atoms with Crippen molar-refractivity contribution in [2.24, 2.45) is 5.73 Å². The Morgan fingerprint density at radius 1 is 1.62 bits per heavy atom. The van der Waals surface area contributed by atoms with Gasteiger partial charge < -0.3 is 15.6 Å². The molecule has 0 radical (unpaired) electrons. The number of amides is 1. The minimum absolute atomic E-state index is 0.121. The number of nitrogens with two attached hydrogens (primary N) is 1. The van der Waals surface area contributed by atoms with Gasteiger partial charge in [-0.1, -0.05) is 6.07 Å². The van der Waals surface area contributed by atoms with E-state index in [1.807, 2.05) is 0 Å². The lowest BCUT2D eigenvalue weighted by Crippen LogP contribution is -2.12. The monoisotopic (exact) mass is 181 g/mol. The van der Waals surface area contributed by atoms with Crippen LogP contribution < -0.4 is 10.5 Å². The van der Waals surface area contributed by atoms with Crippen LogP contribution in [0.3, 0.4) is 0 Å². The maximum Gasteiger partial charge on any atom is 0.252 e. The maximum absolute atomic E-state index is 10.9. The average Bonchev–Trinajstić information content (AvgIpc) is 2.16. The molecule has 1 aromatic carbocycles. The summed E-state index contributed by atoms with van der Waals surface area (Å²) in [6.45, 7) is -0.121. The molecule has 0 aromatic heterocycles. The summed E-state index contributed by atoms with van der Waals surface area (Å²) in [7, 11) is 1.46. The normalized spacial score (nSPS) is 9.69. The molecular formula is C9H11NO3. The second-order valence-electron chi connectivity index (χ2n) is 2.56. The molecule has 1 rings (SSSR count). The lowest BCUT2D eigenvalue weighted by Gasteiger charge is -2.06. The van der Waals surface area contributed by atoms with E-state index in [4.69, 9.17) is 15.6 Å². The van der Waals surface area contributed by atoms with Crippen LogP contribution in [0.2, 0.25) is 0 Å². The summed E-state index contributed by atoms with van der Waals surface area (Å²) in [6.07, 6.45) is 0. The number of hydrogen-bond acceptors (Lipinski definition) is 3. The van der Waals surface area contributed by atoms with Crippen molar-refractivity contribution >= 4 is 5.91 Å². The summed E-state index contributed by atoms with van der Waals surface area (Å²) in [6, 6.07) is 4.79. The number of primary amides is 1. The number of hydrogen-bond donors (Lipinski definition) is 2. The van der Waals surface area contributed by atoms with Gasteiger partial charge in [0.25, 0.3) is 5.91 Å². The van der Waals surface area contributed by atoms with Crippen molar-refractivity contribution in [1.29, 1.82) is 0 Å². The van der Waals surface area contributed by atoms with Gasteiger partial charge in [0.05, 0.1) is 19.3 Å². The van der Waals surface area contributed by atoms with Crippen LogP contribution >= 0.6 is 0 Å². The molecule has 3 N–H and O–H groups in total. The van der Waals surface area contributed by atoms with E-state index in [2.05, 4.69) is 0 Å². The molecule has 4 nitrogen and oxygen atoms in total. The highest BCUT2D eigenvalue weighted by Gasteiger charge is 2.08. The molecule has 0 aliphatic carbocycles. The molecule has 1 amide bonds. The molecule has 0 saturated carbocycles. The number of ether oxygens (including phenoxy) is 1. The third kappa shape index (κ3) is 1.97. The number of benzene rings is 1. The van der Waals surface area contributed by atoms with Gasteiger partial charge in [0.15, 0.2) is 0 Å². The standard InChI is InChI=1S/C9H11NO3/c1-13-8-3-2-6(5-11)4-7(8)9(10)12/h2-4,11H,5H2,1H3,(H2,10,12). The van der Waals surface area contributed by atoms with Crippen molar-refractivity contribution in [3.63, 3.8) is 0 Å². The number of carbonyl (C=O) groups is 1. The minimum atomic E-state index is -0.563. The molecule has 0 unspecified atom stereocenters. The van der Waals surface area contributed by atoms with Gasteiger partial charge in [0.1, 0.15) is 5.75 Å². The second-order valence-corrected chi connectivity index (χ2v) is 2.56. The average molecular weight is 181 g/mol. The van der Waals surface area contributed by atoms with E-state index in [-0.39, 0.29) is 12.2 Å². The molecule has 1 aromatic rings. The van der Waals surface area contributed by atoms with Crippen LogP contribution in [0.5, 0.6) is 5.75 Å². The molecule has 4 heteroatoms. The van der Waals surface area contributed by atoms with Crippen molar-refractivity contribution in [1.82, 2.24) is 0 Å². The fourth-order valence-corrected chi connectivity index (χ4v) is 1.05. The van der Waals surface area contributed by atoms with Crippen molar-refractivity contribution in [3.8, 4) is 5.75 Å². The molecule has 13 heavy (non-hydrogen) atoms. The first kappa shape index (κ1) is 9.54. The summed E-state index contributed by atoms with van der Waals surface area (Å²) >= 11 is 0. The Kier molecular flexibility index (Phi) is 2.87. The predicted octanol–water partition coefficient (Wildman–Crippen LogP) is 0.286. The fourth-order valence-electron chi connectivity index (χ4n) is 1.05. The Bertz CT molecular complexity index is 323. The van der Waals surface area contributed by atoms with Crippen LogP contribution in [0.15, 0.2) is 18.2 Å². The smallest absolute Gasteiger partial charge is 0.252 e. The van der Waals surface area contributed by atoms with Crippen LogP contribution in [0.4, 0.5) is 0 Å². The summed E-state index contributed by atoms with van der Waals surface area (Å²) in [4.78, 5) is 10.9. The van der Waals surface area contributed by atoms with Gasteiger partial charge in [0, 0.05) is 0 Å². The highest BCUT2D eigenvalue weighted by atomic mass is 16.5. The zero-order valence-corrected chi connectivity index (χ0v) is 7.28. The Hall–Kier alpha value is -1.55. The second kappa shape index (κ2) is 3.91. The van der Waals surface area contributed by atoms with E-state index in [0.717, 1.165) is 0 Å². The minimum Gasteiger partial charge on any atom is -0.496 e. The number of rotatable bonds is 3. The van der Waals surface area contributed by atoms with E-state index < -0.39 is 5.91 Å². The summed E-state index contributed by atoms with van der Waals surface area (Å²) in [5, 5.41) is 8.81. The van der Waals surface area contributed by atoms with Crippen LogP contribution in [0.25, 0.3) is 0 Å². The van der Waals surface area contributed by atoms with Gasteiger partial charge in [-0.05, 0) is 17.7 Å². The fraction of sp³-hybridized carbons (Fsp3) is 0.222. The number of aliphatic hydroxyl groups is 1. The lowest BCUT2D eigenvalue weighted by molar-refractivity contribution is 0.0997. The molecule has 0 atom stereocenters. The number of aliphatic hydroxyl groups excluding tert-OH is 1. The SMILES string of the molecule is COc1ccc(CO)cc1C(N)=O. The van der Waals surface area contributed by atoms with Crippen molar-refractivity contribution < 1.29 is 14.6 Å². The van der Waals surface area contributed by atoms with Gasteiger partial charge in [-0.15, -0.1) is 0 Å². The third-order valence-electron chi connectivity index (χ3n) is 1.71. The van der Waals surface area contributed by atoms with E-state index in [0.29, 0.717) is 11.3 Å². The van der Waals surface area contributed by atoms with E-state index in [9.17, 15) is 4.79 Å². The van der Waals surface area contributed by atoms with E-state index in [1.54, 1.807) is 12.1 Å². The molecule has 70 valence electrons. The Balaban J connectivity index is 3.18. The molecule has 0 bridgehead atoms. The zero-order chi connectivity index (χ0) is 9.84. The van der Waals surface area contributed by atoms with E-state index >= 15 is 0 Å². The summed E-state index contributed by atoms with van der Waals surface area (Å²) in [5.74, 6) is -0.142. The number of carbonyl (C=O) groups excluding carboxylic acids is 1. The van der Waals surface area contributed by atoms with Gasteiger partial charge in [0.2, 0.25) is 0 Å². The molecule has 0 saturated heterocycles. The van der Waals surface area contributed by atoms with Gasteiger partial charge in [-0.2, -0.15) is 0 Å². The summed E-state index contributed by atoms with van der Waals surface area (Å²) < 4.78 is 4.92. The third-order valence-corrected chi connectivity index (χ3v) is 1.71. The first-order chi connectivity index (χ1) is 6.19. The zero-order valence-electron chi connectivity index (χ0n) is 7.28. The predicted molar refractivity (Wildman–Crippen MR) is 47.4 cm³/mol. The highest BCUT2D eigenvalue weighted by molar-refractivity contribution is 5.95. The quantitative estimate of drug-likeness (QED) is 0.703. The van der Waals surface area contributed by atoms with Crippen molar-refractivity contribution in [2.45, 2.75) is 6.61 Å². The molecule has 0 aliphatic rings. The largest absolute Gasteiger partial charge is 0.496 e. The topological polar surface area (TPSA) is 72.6 Å². The Morgan fingerprint density at radius 3 is 2.77 bits per heavy atom.